The van der Waals surface area contributed by atoms with Gasteiger partial charge in [-0.2, -0.15) is 0 Å². The lowest BCUT2D eigenvalue weighted by molar-refractivity contribution is 0.0664. The van der Waals surface area contributed by atoms with E-state index in [4.69, 9.17) is 0 Å². The first-order valence-corrected chi connectivity index (χ1v) is 8.69. The molecule has 0 unspecified atom stereocenters. The van der Waals surface area contributed by atoms with Crippen molar-refractivity contribution in [3.63, 3.8) is 0 Å². The molecule has 1 aromatic rings. The molecule has 0 atom stereocenters. The average Bonchev–Trinajstić information content (AvgIpc) is 2.47. The molecule has 5 nitrogen and oxygen atoms in total. The van der Waals surface area contributed by atoms with Crippen molar-refractivity contribution in [1.82, 2.24) is 9.80 Å². The van der Waals surface area contributed by atoms with Crippen molar-refractivity contribution >= 4 is 15.7 Å². The first-order valence-electron chi connectivity index (χ1n) is 7.14. The van der Waals surface area contributed by atoms with Gasteiger partial charge in [-0.05, 0) is 45.2 Å². The zero-order valence-electron chi connectivity index (χ0n) is 12.7. The van der Waals surface area contributed by atoms with Crippen molar-refractivity contribution in [2.75, 3.05) is 33.2 Å². The van der Waals surface area contributed by atoms with Crippen LogP contribution in [0.3, 0.4) is 0 Å². The molecule has 1 aromatic carbocycles. The first kappa shape index (κ1) is 16.0. The molecule has 0 N–H and O–H groups in total. The van der Waals surface area contributed by atoms with Crippen LogP contribution in [0.15, 0.2) is 29.2 Å². The molecule has 1 heterocycles. The fourth-order valence-corrected chi connectivity index (χ4v) is 3.31. The van der Waals surface area contributed by atoms with E-state index in [9.17, 15) is 13.2 Å². The van der Waals surface area contributed by atoms with Crippen LogP contribution < -0.4 is 0 Å². The summed E-state index contributed by atoms with van der Waals surface area (Å²) in [4.78, 5) is 16.6. The number of likely N-dealkylation sites (N-methyl/N-ethyl adjacent to an activating group) is 1. The summed E-state index contributed by atoms with van der Waals surface area (Å²) in [5.41, 5.74) is 0.544. The Morgan fingerprint density at radius 1 is 1.05 bits per heavy atom. The second-order valence-electron chi connectivity index (χ2n) is 5.71. The highest BCUT2D eigenvalue weighted by atomic mass is 32.2. The highest BCUT2D eigenvalue weighted by Crippen LogP contribution is 2.17. The molecule has 116 valence electrons. The number of hydrogen-bond acceptors (Lipinski definition) is 4. The minimum Gasteiger partial charge on any atom is -0.336 e. The molecule has 0 aliphatic carbocycles. The molecule has 1 saturated heterocycles. The van der Waals surface area contributed by atoms with Crippen LogP contribution in [0.25, 0.3) is 0 Å². The highest BCUT2D eigenvalue weighted by molar-refractivity contribution is 7.92. The van der Waals surface area contributed by atoms with Crippen molar-refractivity contribution < 1.29 is 13.2 Å². The van der Waals surface area contributed by atoms with Gasteiger partial charge in [-0.1, -0.05) is 0 Å². The maximum Gasteiger partial charge on any atom is 0.253 e. The van der Waals surface area contributed by atoms with E-state index >= 15 is 0 Å². The van der Waals surface area contributed by atoms with Crippen LogP contribution in [0.5, 0.6) is 0 Å². The number of benzene rings is 1. The minimum absolute atomic E-state index is 0.0309. The minimum atomic E-state index is -3.28. The van der Waals surface area contributed by atoms with E-state index in [2.05, 4.69) is 4.90 Å². The number of carbonyl (C=O) groups is 1. The van der Waals surface area contributed by atoms with Crippen molar-refractivity contribution in [2.24, 2.45) is 0 Å². The normalized spacial score (nSPS) is 17.2. The third kappa shape index (κ3) is 3.44. The summed E-state index contributed by atoms with van der Waals surface area (Å²) in [5, 5.41) is -0.461. The van der Waals surface area contributed by atoms with Crippen LogP contribution in [-0.4, -0.2) is 62.6 Å². The standard InChI is InChI=1S/C15H22N2O3S/c1-12(2)21(19,20)14-6-4-13(5-7-14)15(18)17-10-8-16(3)9-11-17/h4-7,12H,8-11H2,1-3H3. The SMILES string of the molecule is CC(C)S(=O)(=O)c1ccc(C(=O)N2CCN(C)CC2)cc1. The van der Waals surface area contributed by atoms with Crippen LogP contribution in [0.2, 0.25) is 0 Å². The van der Waals surface area contributed by atoms with Crippen LogP contribution in [0.1, 0.15) is 24.2 Å². The molecule has 0 saturated carbocycles. The highest BCUT2D eigenvalue weighted by Gasteiger charge is 2.22. The number of piperazine rings is 1. The molecule has 0 radical (unpaired) electrons. The lowest BCUT2D eigenvalue weighted by atomic mass is 10.2. The van der Waals surface area contributed by atoms with Crippen LogP contribution in [-0.2, 0) is 9.84 Å². The van der Waals surface area contributed by atoms with Crippen LogP contribution in [0, 0.1) is 0 Å². The molecule has 0 bridgehead atoms. The fourth-order valence-electron chi connectivity index (χ4n) is 2.25. The van der Waals surface area contributed by atoms with E-state index in [0.29, 0.717) is 18.7 Å². The van der Waals surface area contributed by atoms with Gasteiger partial charge in [0.1, 0.15) is 0 Å². The summed E-state index contributed by atoms with van der Waals surface area (Å²) >= 11 is 0. The van der Waals surface area contributed by atoms with E-state index in [1.54, 1.807) is 26.0 Å². The van der Waals surface area contributed by atoms with Gasteiger partial charge in [0.15, 0.2) is 9.84 Å². The maximum atomic E-state index is 12.4. The van der Waals surface area contributed by atoms with Crippen molar-refractivity contribution in [3.8, 4) is 0 Å². The van der Waals surface area contributed by atoms with Gasteiger partial charge < -0.3 is 9.80 Å². The summed E-state index contributed by atoms with van der Waals surface area (Å²) in [5.74, 6) is -0.0309. The molecule has 1 amide bonds. The number of hydrogen-bond donors (Lipinski definition) is 0. The van der Waals surface area contributed by atoms with E-state index in [0.717, 1.165) is 13.1 Å². The zero-order chi connectivity index (χ0) is 15.6. The largest absolute Gasteiger partial charge is 0.336 e. The second-order valence-corrected chi connectivity index (χ2v) is 8.22. The second kappa shape index (κ2) is 6.15. The molecule has 1 aliphatic rings. The molecule has 21 heavy (non-hydrogen) atoms. The molecular formula is C15H22N2O3S. The van der Waals surface area contributed by atoms with E-state index in [1.165, 1.54) is 12.1 Å². The van der Waals surface area contributed by atoms with Crippen LogP contribution >= 0.6 is 0 Å². The number of amides is 1. The third-order valence-corrected chi connectivity index (χ3v) is 6.01. The lowest BCUT2D eigenvalue weighted by Crippen LogP contribution is -2.47. The van der Waals surface area contributed by atoms with Gasteiger partial charge in [-0.15, -0.1) is 0 Å². The topological polar surface area (TPSA) is 57.7 Å². The summed E-state index contributed by atoms with van der Waals surface area (Å²) in [6, 6.07) is 6.27. The number of nitrogens with zero attached hydrogens (tertiary/aromatic N) is 2. The third-order valence-electron chi connectivity index (χ3n) is 3.84. The first-order chi connectivity index (χ1) is 9.82. The summed E-state index contributed by atoms with van der Waals surface area (Å²) in [6.07, 6.45) is 0. The summed E-state index contributed by atoms with van der Waals surface area (Å²) in [6.45, 7) is 6.46. The van der Waals surface area contributed by atoms with Gasteiger partial charge in [0.25, 0.3) is 5.91 Å². The molecule has 1 aliphatic heterocycles. The number of carbonyl (C=O) groups excluding carboxylic acids is 1. The monoisotopic (exact) mass is 310 g/mol. The van der Waals surface area contributed by atoms with Gasteiger partial charge in [0.2, 0.25) is 0 Å². The Morgan fingerprint density at radius 3 is 2.05 bits per heavy atom. The Hall–Kier alpha value is -1.40. The predicted molar refractivity (Wildman–Crippen MR) is 82.2 cm³/mol. The predicted octanol–water partition coefficient (Wildman–Crippen LogP) is 1.26. The lowest BCUT2D eigenvalue weighted by Gasteiger charge is -2.32. The molecule has 1 fully saturated rings. The van der Waals surface area contributed by atoms with Crippen molar-refractivity contribution in [3.05, 3.63) is 29.8 Å². The Balaban J connectivity index is 2.14. The van der Waals surface area contributed by atoms with E-state index in [1.807, 2.05) is 11.9 Å². The van der Waals surface area contributed by atoms with Crippen molar-refractivity contribution in [1.29, 1.82) is 0 Å². The van der Waals surface area contributed by atoms with E-state index in [-0.39, 0.29) is 10.8 Å². The molecular weight excluding hydrogens is 288 g/mol. The fraction of sp³-hybridized carbons (Fsp3) is 0.533. The Kier molecular flexibility index (Phi) is 4.68. The van der Waals surface area contributed by atoms with Gasteiger partial charge >= 0.3 is 0 Å². The molecule has 0 spiro atoms. The van der Waals surface area contributed by atoms with Gasteiger partial charge in [-0.25, -0.2) is 8.42 Å². The smallest absolute Gasteiger partial charge is 0.253 e. The number of rotatable bonds is 3. The zero-order valence-corrected chi connectivity index (χ0v) is 13.6. The molecule has 0 aromatic heterocycles. The van der Waals surface area contributed by atoms with Gasteiger partial charge in [-0.3, -0.25) is 4.79 Å². The summed E-state index contributed by atoms with van der Waals surface area (Å²) < 4.78 is 24.1. The van der Waals surface area contributed by atoms with Gasteiger partial charge in [0.05, 0.1) is 10.1 Å². The van der Waals surface area contributed by atoms with Crippen LogP contribution in [0.4, 0.5) is 0 Å². The van der Waals surface area contributed by atoms with Crippen molar-refractivity contribution in [2.45, 2.75) is 24.0 Å². The Bertz CT molecular complexity index is 600. The number of sulfone groups is 1. The molecule has 6 heteroatoms. The quantitative estimate of drug-likeness (QED) is 0.843. The Morgan fingerprint density at radius 2 is 1.57 bits per heavy atom. The molecule has 2 rings (SSSR count). The maximum absolute atomic E-state index is 12.4. The Labute approximate surface area is 126 Å². The van der Waals surface area contributed by atoms with E-state index < -0.39 is 15.1 Å². The summed E-state index contributed by atoms with van der Waals surface area (Å²) in [7, 11) is -1.25. The average molecular weight is 310 g/mol. The van der Waals surface area contributed by atoms with Gasteiger partial charge in [0, 0.05) is 31.7 Å².